The van der Waals surface area contributed by atoms with Crippen LogP contribution < -0.4 is 0 Å². The van der Waals surface area contributed by atoms with Crippen LogP contribution in [0.1, 0.15) is 42.7 Å². The van der Waals surface area contributed by atoms with E-state index >= 15 is 0 Å². The lowest BCUT2D eigenvalue weighted by Crippen LogP contribution is -2.56. The van der Waals surface area contributed by atoms with E-state index in [1.165, 1.54) is 25.7 Å². The van der Waals surface area contributed by atoms with Gasteiger partial charge in [0.2, 0.25) is 5.92 Å². The van der Waals surface area contributed by atoms with Crippen molar-refractivity contribution in [3.05, 3.63) is 59.0 Å². The van der Waals surface area contributed by atoms with E-state index in [-0.39, 0.29) is 34.9 Å². The van der Waals surface area contributed by atoms with Crippen LogP contribution in [0.4, 0.5) is 22.0 Å². The number of thioether (sulfide) groups is 1. The number of benzene rings is 1. The first kappa shape index (κ1) is 31.9. The molecule has 6 atom stereocenters. The Kier molecular flexibility index (Phi) is 9.28. The first-order valence-electron chi connectivity index (χ1n) is 13.1. The quantitative estimate of drug-likeness (QED) is 0.243. The van der Waals surface area contributed by atoms with Crippen molar-refractivity contribution in [2.75, 3.05) is 13.7 Å². The first-order valence-corrected chi connectivity index (χ1v) is 14.5. The van der Waals surface area contributed by atoms with Gasteiger partial charge < -0.3 is 24.8 Å². The summed E-state index contributed by atoms with van der Waals surface area (Å²) in [5, 5.41) is 39.7. The molecule has 1 aliphatic heterocycles. The number of alkyl halides is 2. The van der Waals surface area contributed by atoms with E-state index in [1.54, 1.807) is 0 Å². The van der Waals surface area contributed by atoms with Gasteiger partial charge in [-0.25, -0.2) is 31.6 Å². The van der Waals surface area contributed by atoms with Gasteiger partial charge in [0.05, 0.1) is 29.3 Å². The second-order valence-corrected chi connectivity index (χ2v) is 12.0. The fourth-order valence-corrected chi connectivity index (χ4v) is 7.35. The smallest absolute Gasteiger partial charge is 0.248 e. The zero-order chi connectivity index (χ0) is 31.1. The summed E-state index contributed by atoms with van der Waals surface area (Å²) in [5.41, 5.74) is -2.87. The number of nitrogens with zero attached hydrogens (tertiary/aromatic N) is 5. The predicted molar refractivity (Wildman–Crippen MR) is 143 cm³/mol. The maximum atomic E-state index is 14.1. The number of aliphatic hydroxyl groups excluding tert-OH is 2. The van der Waals surface area contributed by atoms with Gasteiger partial charge in [-0.15, -0.1) is 16.9 Å². The van der Waals surface area contributed by atoms with Crippen molar-refractivity contribution in [2.24, 2.45) is 0 Å². The minimum Gasteiger partial charge on any atom is -0.394 e. The summed E-state index contributed by atoms with van der Waals surface area (Å²) < 4.78 is 82.3. The average molecular weight is 652 g/mol. The van der Waals surface area contributed by atoms with Crippen LogP contribution in [-0.2, 0) is 9.47 Å². The Hall–Kier alpha value is -2.47. The lowest BCUT2D eigenvalue weighted by molar-refractivity contribution is -0.186. The SMILES string of the molecule is CO[C@@H]1[C@@H](n2cc(-c3cc(F)c(F)c(F)c3)nn2)[C@@H](O)[C@@H](CO)O[C@H]1SC(c1nccnc1Cl)C1(O)CCC(F)(F)CC1. The molecule has 1 aromatic carbocycles. The van der Waals surface area contributed by atoms with Crippen LogP contribution in [0.25, 0.3) is 11.3 Å². The predicted octanol–water partition coefficient (Wildman–Crippen LogP) is 3.85. The number of rotatable bonds is 8. The first-order chi connectivity index (χ1) is 20.4. The zero-order valence-corrected chi connectivity index (χ0v) is 24.0. The molecule has 1 saturated carbocycles. The summed E-state index contributed by atoms with van der Waals surface area (Å²) >= 11 is 7.29. The fraction of sp³-hybridized carbons (Fsp3) is 0.538. The molecule has 2 aliphatic rings. The number of ether oxygens (including phenoxy) is 2. The Morgan fingerprint density at radius 1 is 1.14 bits per heavy atom. The Morgan fingerprint density at radius 2 is 1.79 bits per heavy atom. The van der Waals surface area contributed by atoms with Crippen molar-refractivity contribution in [3.63, 3.8) is 0 Å². The molecule has 2 aromatic heterocycles. The molecular weight excluding hydrogens is 625 g/mol. The van der Waals surface area contributed by atoms with Crippen LogP contribution in [-0.4, -0.2) is 89.3 Å². The molecule has 3 N–H and O–H groups in total. The molecule has 2 fully saturated rings. The molecule has 3 aromatic rings. The Bertz CT molecular complexity index is 1420. The summed E-state index contributed by atoms with van der Waals surface area (Å²) in [4.78, 5) is 8.29. The third-order valence-electron chi connectivity index (χ3n) is 7.73. The summed E-state index contributed by atoms with van der Waals surface area (Å²) in [5.74, 6) is -7.48. The molecule has 0 bridgehead atoms. The van der Waals surface area contributed by atoms with Gasteiger partial charge in [0.25, 0.3) is 0 Å². The van der Waals surface area contributed by atoms with Crippen LogP contribution >= 0.6 is 23.4 Å². The van der Waals surface area contributed by atoms with Gasteiger partial charge in [-0.05, 0) is 25.0 Å². The van der Waals surface area contributed by atoms with Crippen LogP contribution in [0, 0.1) is 17.5 Å². The maximum Gasteiger partial charge on any atom is 0.248 e. The van der Waals surface area contributed by atoms with Gasteiger partial charge >= 0.3 is 0 Å². The van der Waals surface area contributed by atoms with Crippen molar-refractivity contribution < 1.29 is 46.7 Å². The Balaban J connectivity index is 1.50. The van der Waals surface area contributed by atoms with Crippen LogP contribution in [0.15, 0.2) is 30.7 Å². The molecule has 43 heavy (non-hydrogen) atoms. The second kappa shape index (κ2) is 12.5. The van der Waals surface area contributed by atoms with E-state index in [2.05, 4.69) is 20.3 Å². The normalized spacial score (nSPS) is 27.6. The molecular formula is C26H27ClF5N5O5S. The standard InChI is InChI=1S/C26H27ClF5N5O5S/c1-41-21-19(37-10-15(35-36-37)12-8-13(28)17(30)14(29)9-12)20(39)16(11-38)42-24(21)43-22(18-23(27)34-7-6-33-18)25(40)2-4-26(31,32)5-3-25/h6-10,16,19-22,24,38-40H,2-5,11H2,1H3/t16-,19+,20+,21-,22?,24+/m1/s1. The summed E-state index contributed by atoms with van der Waals surface area (Å²) in [6.07, 6.45) is -1.56. The van der Waals surface area contributed by atoms with E-state index in [0.717, 1.165) is 28.6 Å². The molecule has 1 saturated heterocycles. The number of aliphatic hydroxyl groups is 3. The topological polar surface area (TPSA) is 136 Å². The third-order valence-corrected chi connectivity index (χ3v) is 9.60. The molecule has 1 unspecified atom stereocenters. The number of halogens is 6. The van der Waals surface area contributed by atoms with Gasteiger partial charge in [0, 0.05) is 37.9 Å². The molecule has 234 valence electrons. The number of methoxy groups -OCH3 is 1. The molecule has 3 heterocycles. The van der Waals surface area contributed by atoms with Gasteiger partial charge in [0.15, 0.2) is 22.6 Å². The highest BCUT2D eigenvalue weighted by atomic mass is 35.5. The van der Waals surface area contributed by atoms with Gasteiger partial charge in [-0.1, -0.05) is 16.8 Å². The highest BCUT2D eigenvalue weighted by molar-refractivity contribution is 8.00. The molecule has 0 radical (unpaired) electrons. The van der Waals surface area contributed by atoms with Gasteiger partial charge in [0.1, 0.15) is 35.5 Å². The minimum absolute atomic E-state index is 0.0576. The average Bonchev–Trinajstić information content (AvgIpc) is 3.46. The van der Waals surface area contributed by atoms with Crippen molar-refractivity contribution in [3.8, 4) is 11.3 Å². The monoisotopic (exact) mass is 651 g/mol. The van der Waals surface area contributed by atoms with E-state index in [4.69, 9.17) is 21.1 Å². The van der Waals surface area contributed by atoms with E-state index in [9.17, 15) is 37.3 Å². The third kappa shape index (κ3) is 6.36. The largest absolute Gasteiger partial charge is 0.394 e. The molecule has 0 spiro atoms. The Morgan fingerprint density at radius 3 is 2.40 bits per heavy atom. The van der Waals surface area contributed by atoms with Crippen molar-refractivity contribution in [1.29, 1.82) is 0 Å². The van der Waals surface area contributed by atoms with E-state index < -0.39 is 83.5 Å². The molecule has 0 amide bonds. The van der Waals surface area contributed by atoms with Crippen molar-refractivity contribution in [2.45, 2.75) is 72.2 Å². The summed E-state index contributed by atoms with van der Waals surface area (Å²) in [6.45, 7) is -0.659. The van der Waals surface area contributed by atoms with Crippen molar-refractivity contribution >= 4 is 23.4 Å². The van der Waals surface area contributed by atoms with Crippen molar-refractivity contribution in [1.82, 2.24) is 25.0 Å². The zero-order valence-electron chi connectivity index (χ0n) is 22.5. The molecule has 17 heteroatoms. The lowest BCUT2D eigenvalue weighted by Gasteiger charge is -2.47. The van der Waals surface area contributed by atoms with Gasteiger partial charge in [-0.2, -0.15) is 0 Å². The summed E-state index contributed by atoms with van der Waals surface area (Å²) in [7, 11) is 1.31. The number of hydrogen-bond acceptors (Lipinski definition) is 10. The highest BCUT2D eigenvalue weighted by Gasteiger charge is 2.53. The number of hydrogen-bond donors (Lipinski definition) is 3. The van der Waals surface area contributed by atoms with E-state index in [0.29, 0.717) is 0 Å². The second-order valence-electron chi connectivity index (χ2n) is 10.5. The molecule has 1 aliphatic carbocycles. The highest BCUT2D eigenvalue weighted by Crippen LogP contribution is 2.53. The van der Waals surface area contributed by atoms with Crippen LogP contribution in [0.3, 0.4) is 0 Å². The van der Waals surface area contributed by atoms with Crippen LogP contribution in [0.5, 0.6) is 0 Å². The summed E-state index contributed by atoms with van der Waals surface area (Å²) in [6, 6.07) is 0.354. The van der Waals surface area contributed by atoms with E-state index in [1.807, 2.05) is 0 Å². The van der Waals surface area contributed by atoms with Gasteiger partial charge in [-0.3, -0.25) is 4.98 Å². The lowest BCUT2D eigenvalue weighted by atomic mass is 9.79. The fourth-order valence-electron chi connectivity index (χ4n) is 5.38. The Labute approximate surface area is 251 Å². The molecule has 5 rings (SSSR count). The maximum absolute atomic E-state index is 14.1. The minimum atomic E-state index is -2.96. The van der Waals surface area contributed by atoms with Crippen LogP contribution in [0.2, 0.25) is 5.15 Å². The molecule has 10 nitrogen and oxygen atoms in total. The number of aromatic nitrogens is 5.